The van der Waals surface area contributed by atoms with Crippen molar-refractivity contribution in [3.8, 4) is 50.2 Å². The Bertz CT molecular complexity index is 2890. The van der Waals surface area contributed by atoms with Crippen LogP contribution in [0.4, 0.5) is 0 Å². The Morgan fingerprint density at radius 2 is 1.04 bits per heavy atom. The van der Waals surface area contributed by atoms with Crippen LogP contribution in [-0.4, -0.2) is 4.57 Å². The second kappa shape index (κ2) is 11.3. The van der Waals surface area contributed by atoms with Gasteiger partial charge in [0.05, 0.1) is 11.0 Å². The van der Waals surface area contributed by atoms with E-state index in [-0.39, 0.29) is 11.3 Å². The third kappa shape index (κ3) is 4.38. The molecule has 2 aliphatic carbocycles. The quantitative estimate of drug-likeness (QED) is 0.175. The Kier molecular flexibility index (Phi) is 6.43. The van der Waals surface area contributed by atoms with Crippen LogP contribution in [0.25, 0.3) is 72.0 Å². The number of hydrogen-bond acceptors (Lipinski definition) is 0. The smallest absolute Gasteiger partial charge is 0.0544 e. The van der Waals surface area contributed by atoms with Gasteiger partial charge in [-0.1, -0.05) is 159 Å². The largest absolute Gasteiger partial charge is 0.309 e. The third-order valence-electron chi connectivity index (χ3n) is 12.1. The third-order valence-corrected chi connectivity index (χ3v) is 12.1. The summed E-state index contributed by atoms with van der Waals surface area (Å²) in [7, 11) is 0. The second-order valence-electron chi connectivity index (χ2n) is 15.3. The first-order valence-electron chi connectivity index (χ1n) is 18.7. The van der Waals surface area contributed by atoms with Crippen LogP contribution in [0.1, 0.15) is 47.6 Å². The summed E-state index contributed by atoms with van der Waals surface area (Å²) in [6, 6.07) is 67.6. The SMILES string of the molecule is CC1(C)c2ccccc2-c2ccc3c(c21)c1cc(-c2ccc4c(c2)-c2ccccc2C4c2ccc(-c4ccccc4)cc2)ccc1n3-c1ccccc1. The minimum absolute atomic E-state index is 0.122. The number of para-hydroxylation sites is 1. The van der Waals surface area contributed by atoms with Gasteiger partial charge in [-0.2, -0.15) is 0 Å². The first-order valence-corrected chi connectivity index (χ1v) is 18.7. The first kappa shape index (κ1) is 30.2. The lowest BCUT2D eigenvalue weighted by atomic mass is 9.80. The molecule has 0 radical (unpaired) electrons. The van der Waals surface area contributed by atoms with Crippen molar-refractivity contribution in [1.29, 1.82) is 0 Å². The number of nitrogens with zero attached hydrogens (tertiary/aromatic N) is 1. The van der Waals surface area contributed by atoms with Crippen molar-refractivity contribution in [2.24, 2.45) is 0 Å². The molecule has 53 heavy (non-hydrogen) atoms. The van der Waals surface area contributed by atoms with E-state index >= 15 is 0 Å². The van der Waals surface area contributed by atoms with Gasteiger partial charge in [-0.05, 0) is 109 Å². The van der Waals surface area contributed by atoms with E-state index in [1.807, 2.05) is 0 Å². The summed E-state index contributed by atoms with van der Waals surface area (Å²) < 4.78 is 2.46. The minimum Gasteiger partial charge on any atom is -0.309 e. The standard InChI is InChI=1S/C52H37N/c1-52(2)46-20-12-11-18-40(46)43-28-30-48-50(51(43)52)45-32-37(26-29-47(45)53(48)38-15-7-4-8-16-38)36-25-27-42-44(31-36)39-17-9-10-19-41(39)49(42)35-23-21-34(22-24-35)33-13-5-3-6-14-33/h3-32,49H,1-2H3. The lowest BCUT2D eigenvalue weighted by Gasteiger charge is -2.22. The summed E-state index contributed by atoms with van der Waals surface area (Å²) in [6.45, 7) is 4.80. The average Bonchev–Trinajstić information content (AvgIpc) is 3.81. The van der Waals surface area contributed by atoms with Gasteiger partial charge in [0.1, 0.15) is 0 Å². The Labute approximate surface area is 310 Å². The van der Waals surface area contributed by atoms with Crippen LogP contribution in [0.3, 0.4) is 0 Å². The lowest BCUT2D eigenvalue weighted by molar-refractivity contribution is 0.666. The van der Waals surface area contributed by atoms with E-state index < -0.39 is 0 Å². The van der Waals surface area contributed by atoms with Crippen LogP contribution < -0.4 is 0 Å². The van der Waals surface area contributed by atoms with E-state index in [9.17, 15) is 0 Å². The molecule has 1 heterocycles. The summed E-state index contributed by atoms with van der Waals surface area (Å²) in [5, 5.41) is 2.66. The zero-order valence-corrected chi connectivity index (χ0v) is 29.8. The Morgan fingerprint density at radius 3 is 1.85 bits per heavy atom. The number of fused-ring (bicyclic) bond motifs is 10. The lowest BCUT2D eigenvalue weighted by Crippen LogP contribution is -2.15. The molecule has 8 aromatic carbocycles. The summed E-state index contributed by atoms with van der Waals surface area (Å²) in [4.78, 5) is 0. The number of benzene rings is 8. The van der Waals surface area contributed by atoms with Gasteiger partial charge in [0, 0.05) is 27.8 Å². The Balaban J connectivity index is 1.09. The van der Waals surface area contributed by atoms with E-state index in [1.165, 1.54) is 99.8 Å². The molecule has 1 heteroatoms. The second-order valence-corrected chi connectivity index (χ2v) is 15.3. The molecule has 2 aliphatic rings. The van der Waals surface area contributed by atoms with E-state index in [0.717, 1.165) is 0 Å². The van der Waals surface area contributed by atoms with Gasteiger partial charge < -0.3 is 4.57 Å². The van der Waals surface area contributed by atoms with Crippen LogP contribution in [0.15, 0.2) is 182 Å². The van der Waals surface area contributed by atoms with E-state index in [0.29, 0.717) is 0 Å². The predicted octanol–water partition coefficient (Wildman–Crippen LogP) is 13.6. The molecule has 1 aromatic heterocycles. The highest BCUT2D eigenvalue weighted by atomic mass is 15.0. The van der Waals surface area contributed by atoms with Crippen molar-refractivity contribution < 1.29 is 0 Å². The van der Waals surface area contributed by atoms with Crippen LogP contribution in [0.2, 0.25) is 0 Å². The monoisotopic (exact) mass is 675 g/mol. The molecule has 0 fully saturated rings. The fourth-order valence-electron chi connectivity index (χ4n) is 9.66. The molecule has 0 saturated heterocycles. The number of rotatable bonds is 4. The molecule has 1 atom stereocenters. The highest BCUT2D eigenvalue weighted by Crippen LogP contribution is 2.54. The van der Waals surface area contributed by atoms with Gasteiger partial charge >= 0.3 is 0 Å². The molecule has 1 nitrogen and oxygen atoms in total. The van der Waals surface area contributed by atoms with Crippen LogP contribution in [0.5, 0.6) is 0 Å². The maximum Gasteiger partial charge on any atom is 0.0544 e. The molecule has 0 saturated carbocycles. The highest BCUT2D eigenvalue weighted by Gasteiger charge is 2.38. The zero-order valence-electron chi connectivity index (χ0n) is 29.8. The molecule has 1 unspecified atom stereocenters. The summed E-state index contributed by atoms with van der Waals surface area (Å²) >= 11 is 0. The first-order chi connectivity index (χ1) is 26.1. The summed E-state index contributed by atoms with van der Waals surface area (Å²) in [5.74, 6) is 0.206. The Hall–Kier alpha value is -6.44. The molecule has 0 N–H and O–H groups in total. The van der Waals surface area contributed by atoms with Crippen molar-refractivity contribution in [2.75, 3.05) is 0 Å². The van der Waals surface area contributed by atoms with Crippen molar-refractivity contribution in [1.82, 2.24) is 4.57 Å². The molecule has 250 valence electrons. The van der Waals surface area contributed by atoms with Gasteiger partial charge in [-0.15, -0.1) is 0 Å². The molecule has 0 amide bonds. The number of aromatic nitrogens is 1. The zero-order chi connectivity index (χ0) is 35.3. The van der Waals surface area contributed by atoms with Crippen LogP contribution in [-0.2, 0) is 5.41 Å². The average molecular weight is 676 g/mol. The predicted molar refractivity (Wildman–Crippen MR) is 222 cm³/mol. The van der Waals surface area contributed by atoms with E-state index in [1.54, 1.807) is 0 Å². The van der Waals surface area contributed by atoms with Crippen LogP contribution in [0, 0.1) is 0 Å². The highest BCUT2D eigenvalue weighted by molar-refractivity contribution is 6.15. The van der Waals surface area contributed by atoms with Crippen molar-refractivity contribution >= 4 is 21.8 Å². The fraction of sp³-hybridized carbons (Fsp3) is 0.0769. The Morgan fingerprint density at radius 1 is 0.434 bits per heavy atom. The molecule has 11 rings (SSSR count). The molecule has 0 spiro atoms. The molecule has 0 bridgehead atoms. The van der Waals surface area contributed by atoms with Gasteiger partial charge in [0.2, 0.25) is 0 Å². The fourth-order valence-corrected chi connectivity index (χ4v) is 9.66. The van der Waals surface area contributed by atoms with Gasteiger partial charge in [0.15, 0.2) is 0 Å². The van der Waals surface area contributed by atoms with Gasteiger partial charge in [0.25, 0.3) is 0 Å². The van der Waals surface area contributed by atoms with Gasteiger partial charge in [-0.25, -0.2) is 0 Å². The topological polar surface area (TPSA) is 4.93 Å². The van der Waals surface area contributed by atoms with Crippen molar-refractivity contribution in [3.05, 3.63) is 210 Å². The maximum atomic E-state index is 2.46. The summed E-state index contributed by atoms with van der Waals surface area (Å²) in [5.41, 5.74) is 20.8. The number of hydrogen-bond donors (Lipinski definition) is 0. The summed E-state index contributed by atoms with van der Waals surface area (Å²) in [6.07, 6.45) is 0. The molecule has 9 aromatic rings. The maximum absolute atomic E-state index is 2.46. The molecular formula is C52H37N. The van der Waals surface area contributed by atoms with Crippen LogP contribution >= 0.6 is 0 Å². The van der Waals surface area contributed by atoms with Crippen molar-refractivity contribution in [2.45, 2.75) is 25.2 Å². The molecule has 0 aliphatic heterocycles. The molecular weight excluding hydrogens is 639 g/mol. The normalized spacial score (nSPS) is 14.9. The van der Waals surface area contributed by atoms with E-state index in [2.05, 4.69) is 200 Å². The minimum atomic E-state index is -0.122. The van der Waals surface area contributed by atoms with Gasteiger partial charge in [-0.3, -0.25) is 0 Å². The van der Waals surface area contributed by atoms with E-state index in [4.69, 9.17) is 0 Å². The van der Waals surface area contributed by atoms with Crippen molar-refractivity contribution in [3.63, 3.8) is 0 Å².